The minimum atomic E-state index is -0.958. The van der Waals surface area contributed by atoms with Gasteiger partial charge in [0.1, 0.15) is 17.3 Å². The van der Waals surface area contributed by atoms with E-state index in [2.05, 4.69) is 0 Å². The molecule has 0 amide bonds. The van der Waals surface area contributed by atoms with E-state index in [-0.39, 0.29) is 11.8 Å². The number of ether oxygens (including phenoxy) is 2. The van der Waals surface area contributed by atoms with Gasteiger partial charge < -0.3 is 9.47 Å². The number of benzene rings is 3. The Morgan fingerprint density at radius 1 is 1.13 bits per heavy atom. The maximum Gasteiger partial charge on any atom is 0.251 e. The molecule has 5 nitrogen and oxygen atoms in total. The van der Waals surface area contributed by atoms with Crippen molar-refractivity contribution in [3.05, 3.63) is 94.3 Å². The quantitative estimate of drug-likeness (QED) is 0.525. The third-order valence-corrected chi connectivity index (χ3v) is 5.76. The fourth-order valence-electron chi connectivity index (χ4n) is 3.95. The monoisotopic (exact) mass is 436 g/mol. The Bertz CT molecular complexity index is 1180. The second-order valence-electron chi connectivity index (χ2n) is 7.40. The van der Waals surface area contributed by atoms with Crippen LogP contribution >= 0.6 is 11.6 Å². The zero-order valence-corrected chi connectivity index (χ0v) is 17.3. The average Bonchev–Trinajstić information content (AvgIpc) is 3.24. The van der Waals surface area contributed by atoms with Crippen LogP contribution in [-0.4, -0.2) is 29.8 Å². The molecule has 0 spiro atoms. The molecule has 0 saturated heterocycles. The highest BCUT2D eigenvalue weighted by molar-refractivity contribution is 6.30. The largest absolute Gasteiger partial charge is 0.497 e. The van der Waals surface area contributed by atoms with Gasteiger partial charge in [0.2, 0.25) is 5.78 Å². The van der Waals surface area contributed by atoms with Gasteiger partial charge in [-0.3, -0.25) is 4.79 Å². The van der Waals surface area contributed by atoms with Crippen molar-refractivity contribution in [1.29, 1.82) is 0 Å². The zero-order valence-electron chi connectivity index (χ0n) is 16.6. The highest BCUT2D eigenvalue weighted by atomic mass is 35.5. The van der Waals surface area contributed by atoms with E-state index in [1.54, 1.807) is 24.3 Å². The van der Waals surface area contributed by atoms with E-state index in [1.807, 2.05) is 30.3 Å². The zero-order chi connectivity index (χ0) is 21.5. The van der Waals surface area contributed by atoms with Crippen molar-refractivity contribution in [3.63, 3.8) is 0 Å². The number of Topliss-reactive ketones (excluding diaryl/α,β-unsaturated/α-hetero) is 1. The number of nitrogens with zero attached hydrogens (tertiary/aromatic N) is 2. The van der Waals surface area contributed by atoms with Crippen LogP contribution in [0.5, 0.6) is 11.5 Å². The lowest BCUT2D eigenvalue weighted by Gasteiger charge is -2.37. The number of hydrogen-bond donors (Lipinski definition) is 0. The lowest BCUT2D eigenvalue weighted by atomic mass is 9.95. The van der Waals surface area contributed by atoms with Crippen molar-refractivity contribution < 1.29 is 18.7 Å². The van der Waals surface area contributed by atoms with Gasteiger partial charge in [0, 0.05) is 22.6 Å². The molecule has 5 rings (SSSR count). The summed E-state index contributed by atoms with van der Waals surface area (Å²) in [5, 5.41) is 7.03. The van der Waals surface area contributed by atoms with Gasteiger partial charge in [-0.1, -0.05) is 11.6 Å². The van der Waals surface area contributed by atoms with E-state index in [0.29, 0.717) is 22.8 Å². The maximum atomic E-state index is 13.3. The van der Waals surface area contributed by atoms with Crippen LogP contribution in [0.15, 0.2) is 71.8 Å². The minimum absolute atomic E-state index is 0.200. The minimum Gasteiger partial charge on any atom is -0.497 e. The molecule has 3 aromatic rings. The van der Waals surface area contributed by atoms with Gasteiger partial charge in [-0.05, 0) is 72.3 Å². The molecule has 3 aromatic carbocycles. The lowest BCUT2D eigenvalue weighted by Crippen LogP contribution is -2.45. The topological polar surface area (TPSA) is 51.1 Å². The van der Waals surface area contributed by atoms with Crippen LogP contribution < -0.4 is 9.47 Å². The fraction of sp³-hybridized carbons (Fsp3) is 0.167. The summed E-state index contributed by atoms with van der Waals surface area (Å²) < 4.78 is 24.6. The predicted octanol–water partition coefficient (Wildman–Crippen LogP) is 5.24. The van der Waals surface area contributed by atoms with E-state index in [1.165, 1.54) is 24.3 Å². The summed E-state index contributed by atoms with van der Waals surface area (Å²) in [7, 11) is 1.62. The number of carbonyl (C=O) groups excluding carboxylic acids is 1. The van der Waals surface area contributed by atoms with Crippen LogP contribution in [0.4, 0.5) is 4.39 Å². The van der Waals surface area contributed by atoms with Crippen LogP contribution in [0.3, 0.4) is 0 Å². The van der Waals surface area contributed by atoms with Gasteiger partial charge in [0.25, 0.3) is 6.23 Å². The number of rotatable bonds is 4. The van der Waals surface area contributed by atoms with Gasteiger partial charge in [-0.15, -0.1) is 0 Å². The molecule has 0 aliphatic carbocycles. The van der Waals surface area contributed by atoms with E-state index in [9.17, 15) is 9.18 Å². The molecule has 0 saturated carbocycles. The number of fused-ring (bicyclic) bond motifs is 3. The fourth-order valence-corrected chi connectivity index (χ4v) is 4.13. The van der Waals surface area contributed by atoms with Gasteiger partial charge in [0.05, 0.1) is 18.9 Å². The number of carbonyl (C=O) groups is 1. The molecule has 7 heteroatoms. The molecule has 2 atom stereocenters. The molecular weight excluding hydrogens is 419 g/mol. The Balaban J connectivity index is 1.55. The molecule has 31 heavy (non-hydrogen) atoms. The van der Waals surface area contributed by atoms with E-state index >= 15 is 0 Å². The van der Waals surface area contributed by atoms with Crippen molar-refractivity contribution in [2.24, 2.45) is 5.10 Å². The molecule has 0 fully saturated rings. The average molecular weight is 437 g/mol. The van der Waals surface area contributed by atoms with E-state index < -0.39 is 12.0 Å². The first-order valence-corrected chi connectivity index (χ1v) is 10.2. The highest BCUT2D eigenvalue weighted by Crippen LogP contribution is 2.44. The molecular formula is C24H18ClFN2O3. The van der Waals surface area contributed by atoms with Crippen LogP contribution in [0.1, 0.15) is 33.9 Å². The molecule has 0 N–H and O–H groups in total. The smallest absolute Gasteiger partial charge is 0.251 e. The summed E-state index contributed by atoms with van der Waals surface area (Å²) in [4.78, 5) is 13.3. The molecule has 156 valence electrons. The third kappa shape index (κ3) is 3.53. The predicted molar refractivity (Wildman–Crippen MR) is 115 cm³/mol. The standard InChI is InChI=1S/C24H18ClFN2O3/c1-30-18-9-4-14(5-10-18)20-13-21-19-12-16(25)6-11-22(19)31-24(28(21)27-20)23(29)15-2-7-17(26)8-3-15/h2-12,21,24H,13H2,1H3. The van der Waals surface area contributed by atoms with Crippen molar-refractivity contribution in [2.75, 3.05) is 7.11 Å². The van der Waals surface area contributed by atoms with Crippen molar-refractivity contribution in [2.45, 2.75) is 18.7 Å². The van der Waals surface area contributed by atoms with Crippen LogP contribution in [0, 0.1) is 5.82 Å². The lowest BCUT2D eigenvalue weighted by molar-refractivity contribution is -0.00455. The second kappa shape index (κ2) is 7.71. The second-order valence-corrected chi connectivity index (χ2v) is 7.84. The third-order valence-electron chi connectivity index (χ3n) is 5.53. The molecule has 2 heterocycles. The Labute approximate surface area is 183 Å². The van der Waals surface area contributed by atoms with Crippen molar-refractivity contribution in [3.8, 4) is 11.5 Å². The Kier molecular flexibility index (Phi) is 4.87. The number of methoxy groups -OCH3 is 1. The Morgan fingerprint density at radius 2 is 1.87 bits per heavy atom. The van der Waals surface area contributed by atoms with Gasteiger partial charge in [-0.25, -0.2) is 9.40 Å². The van der Waals surface area contributed by atoms with E-state index in [0.717, 1.165) is 22.6 Å². The van der Waals surface area contributed by atoms with Crippen LogP contribution in [0.25, 0.3) is 0 Å². The highest BCUT2D eigenvalue weighted by Gasteiger charge is 2.43. The summed E-state index contributed by atoms with van der Waals surface area (Å²) in [6, 6.07) is 18.2. The van der Waals surface area contributed by atoms with Crippen LogP contribution in [0.2, 0.25) is 5.02 Å². The number of halogens is 2. The van der Waals surface area contributed by atoms with Crippen molar-refractivity contribution >= 4 is 23.1 Å². The van der Waals surface area contributed by atoms with Crippen LogP contribution in [-0.2, 0) is 0 Å². The van der Waals surface area contributed by atoms with Gasteiger partial charge in [0.15, 0.2) is 0 Å². The maximum absolute atomic E-state index is 13.3. The molecule has 0 aromatic heterocycles. The molecule has 2 unspecified atom stereocenters. The Morgan fingerprint density at radius 3 is 2.58 bits per heavy atom. The first kappa shape index (κ1) is 19.6. The summed E-state index contributed by atoms with van der Waals surface area (Å²) in [5.74, 6) is 0.660. The van der Waals surface area contributed by atoms with Gasteiger partial charge >= 0.3 is 0 Å². The SMILES string of the molecule is COc1ccc(C2=NN3C(C(=O)c4ccc(F)cc4)Oc4ccc(Cl)cc4C3C2)cc1. The first-order valence-electron chi connectivity index (χ1n) is 9.79. The number of hydrazone groups is 1. The normalized spacial score (nSPS) is 19.2. The Hall–Kier alpha value is -3.38. The molecule has 0 bridgehead atoms. The van der Waals surface area contributed by atoms with Gasteiger partial charge in [-0.2, -0.15) is 5.10 Å². The van der Waals surface area contributed by atoms with Crippen molar-refractivity contribution in [1.82, 2.24) is 5.01 Å². The summed E-state index contributed by atoms with van der Waals surface area (Å²) in [6.45, 7) is 0. The van der Waals surface area contributed by atoms with E-state index in [4.69, 9.17) is 26.2 Å². The first-order chi connectivity index (χ1) is 15.0. The summed E-state index contributed by atoms with van der Waals surface area (Å²) >= 11 is 6.24. The molecule has 2 aliphatic heterocycles. The summed E-state index contributed by atoms with van der Waals surface area (Å²) in [6.07, 6.45) is -0.365. The number of ketones is 1. The number of hydrogen-bond acceptors (Lipinski definition) is 5. The molecule has 2 aliphatic rings. The molecule has 0 radical (unpaired) electrons. The summed E-state index contributed by atoms with van der Waals surface area (Å²) in [5.41, 5.74) is 3.01.